The van der Waals surface area contributed by atoms with Crippen LogP contribution >= 0.6 is 0 Å². The number of nitrogens with zero attached hydrogens (tertiary/aromatic N) is 1. The number of anilines is 3. The third kappa shape index (κ3) is 4.65. The van der Waals surface area contributed by atoms with Gasteiger partial charge in [-0.1, -0.05) is 140 Å². The summed E-state index contributed by atoms with van der Waals surface area (Å²) < 4.78 is 6.49. The summed E-state index contributed by atoms with van der Waals surface area (Å²) >= 11 is 0. The molecule has 0 aliphatic heterocycles. The molecule has 0 aliphatic carbocycles. The van der Waals surface area contributed by atoms with Gasteiger partial charge in [-0.25, -0.2) is 0 Å². The van der Waals surface area contributed by atoms with Gasteiger partial charge in [0.05, 0.1) is 11.4 Å². The zero-order chi connectivity index (χ0) is 33.0. The van der Waals surface area contributed by atoms with E-state index < -0.39 is 0 Å². The van der Waals surface area contributed by atoms with Gasteiger partial charge < -0.3 is 9.32 Å². The van der Waals surface area contributed by atoms with Crippen molar-refractivity contribution in [3.05, 3.63) is 188 Å². The molecule has 0 amide bonds. The smallest absolute Gasteiger partial charge is 0.137 e. The fourth-order valence-corrected chi connectivity index (χ4v) is 7.61. The lowest BCUT2D eigenvalue weighted by Gasteiger charge is -2.29. The Hall–Kier alpha value is -6.64. The molecule has 9 aromatic carbocycles. The van der Waals surface area contributed by atoms with Crippen LogP contribution in [0.25, 0.3) is 76.5 Å². The maximum absolute atomic E-state index is 6.49. The van der Waals surface area contributed by atoms with Crippen molar-refractivity contribution >= 4 is 71.1 Å². The van der Waals surface area contributed by atoms with Gasteiger partial charge in [0, 0.05) is 22.0 Å². The van der Waals surface area contributed by atoms with E-state index in [-0.39, 0.29) is 0 Å². The van der Waals surface area contributed by atoms with Crippen LogP contribution in [-0.2, 0) is 0 Å². The van der Waals surface area contributed by atoms with Crippen molar-refractivity contribution < 1.29 is 4.42 Å². The SMILES string of the molecule is c1ccc(N(c2ccc(-c3ccc4c(ccc5ccccc54)c3)cc2)c2cc3ccccc3c3ccccc23)c(-c2cc3ccccc3o2)c1. The highest BCUT2D eigenvalue weighted by Crippen LogP contribution is 2.46. The average Bonchev–Trinajstić information content (AvgIpc) is 3.63. The van der Waals surface area contributed by atoms with Crippen LogP contribution in [0.15, 0.2) is 192 Å². The molecule has 0 fully saturated rings. The van der Waals surface area contributed by atoms with Crippen LogP contribution in [0.1, 0.15) is 0 Å². The highest BCUT2D eigenvalue weighted by molar-refractivity contribution is 6.15. The molecule has 0 unspecified atom stereocenters. The molecule has 234 valence electrons. The highest BCUT2D eigenvalue weighted by Gasteiger charge is 2.22. The minimum atomic E-state index is 0.845. The Kier molecular flexibility index (Phi) is 6.53. The van der Waals surface area contributed by atoms with E-state index in [0.29, 0.717) is 0 Å². The third-order valence-electron chi connectivity index (χ3n) is 10.0. The Balaban J connectivity index is 1.16. The monoisotopic (exact) mass is 637 g/mol. The molecule has 0 radical (unpaired) electrons. The number of rotatable bonds is 5. The zero-order valence-electron chi connectivity index (χ0n) is 27.3. The summed E-state index contributed by atoms with van der Waals surface area (Å²) in [4.78, 5) is 2.40. The van der Waals surface area contributed by atoms with Crippen LogP contribution in [0.5, 0.6) is 0 Å². The largest absolute Gasteiger partial charge is 0.456 e. The highest BCUT2D eigenvalue weighted by atomic mass is 16.3. The predicted octanol–water partition coefficient (Wildman–Crippen LogP) is 13.8. The van der Waals surface area contributed by atoms with E-state index >= 15 is 0 Å². The molecule has 2 nitrogen and oxygen atoms in total. The molecule has 1 aromatic heterocycles. The summed E-state index contributed by atoms with van der Waals surface area (Å²) in [6, 6.07) is 67.5. The normalized spacial score (nSPS) is 11.6. The van der Waals surface area contributed by atoms with Gasteiger partial charge in [0.2, 0.25) is 0 Å². The summed E-state index contributed by atoms with van der Waals surface area (Å²) in [5.41, 5.74) is 7.54. The fraction of sp³-hybridized carbons (Fsp3) is 0. The number of hydrogen-bond donors (Lipinski definition) is 0. The first-order chi connectivity index (χ1) is 24.8. The summed E-state index contributed by atoms with van der Waals surface area (Å²) in [5, 5.41) is 11.0. The van der Waals surface area contributed by atoms with Gasteiger partial charge in [-0.15, -0.1) is 0 Å². The van der Waals surface area contributed by atoms with E-state index in [2.05, 4.69) is 181 Å². The third-order valence-corrected chi connectivity index (χ3v) is 10.0. The lowest BCUT2D eigenvalue weighted by atomic mass is 9.96. The average molecular weight is 638 g/mol. The first-order valence-electron chi connectivity index (χ1n) is 17.1. The molecule has 0 saturated carbocycles. The van der Waals surface area contributed by atoms with E-state index in [9.17, 15) is 0 Å². The summed E-state index contributed by atoms with van der Waals surface area (Å²) in [6.07, 6.45) is 0. The Morgan fingerprint density at radius 3 is 1.74 bits per heavy atom. The first-order valence-corrected chi connectivity index (χ1v) is 17.1. The van der Waals surface area contributed by atoms with Crippen LogP contribution in [0.4, 0.5) is 17.1 Å². The van der Waals surface area contributed by atoms with E-state index in [4.69, 9.17) is 4.42 Å². The minimum absolute atomic E-state index is 0.845. The van der Waals surface area contributed by atoms with Gasteiger partial charge in [-0.2, -0.15) is 0 Å². The predicted molar refractivity (Wildman–Crippen MR) is 212 cm³/mol. The van der Waals surface area contributed by atoms with E-state index in [1.807, 2.05) is 12.1 Å². The molecular formula is C48H31NO. The van der Waals surface area contributed by atoms with Gasteiger partial charge in [0.25, 0.3) is 0 Å². The number of furan rings is 1. The molecular weight excluding hydrogens is 607 g/mol. The van der Waals surface area contributed by atoms with Crippen LogP contribution in [0.3, 0.4) is 0 Å². The maximum atomic E-state index is 6.49. The van der Waals surface area contributed by atoms with Gasteiger partial charge in [0.15, 0.2) is 0 Å². The van der Waals surface area contributed by atoms with Crippen LogP contribution in [-0.4, -0.2) is 0 Å². The Morgan fingerprint density at radius 1 is 0.340 bits per heavy atom. The van der Waals surface area contributed by atoms with E-state index in [1.165, 1.54) is 54.2 Å². The summed E-state index contributed by atoms with van der Waals surface area (Å²) in [5.74, 6) is 0.845. The Morgan fingerprint density at radius 2 is 0.920 bits per heavy atom. The second-order valence-electron chi connectivity index (χ2n) is 12.9. The molecule has 0 spiro atoms. The summed E-state index contributed by atoms with van der Waals surface area (Å²) in [6.45, 7) is 0. The van der Waals surface area contributed by atoms with Crippen LogP contribution in [0, 0.1) is 0 Å². The molecule has 10 rings (SSSR count). The number of benzene rings is 9. The molecule has 0 aliphatic rings. The van der Waals surface area contributed by atoms with Crippen molar-refractivity contribution in [3.63, 3.8) is 0 Å². The van der Waals surface area contributed by atoms with Gasteiger partial charge in [-0.05, 0) is 97.4 Å². The minimum Gasteiger partial charge on any atom is -0.456 e. The molecule has 1 heterocycles. The van der Waals surface area contributed by atoms with E-state index in [0.717, 1.165) is 39.4 Å². The molecule has 0 bridgehead atoms. The lowest BCUT2D eigenvalue weighted by molar-refractivity contribution is 0.631. The second-order valence-corrected chi connectivity index (χ2v) is 12.9. The van der Waals surface area contributed by atoms with E-state index in [1.54, 1.807) is 0 Å². The molecule has 0 N–H and O–H groups in total. The molecule has 0 saturated heterocycles. The zero-order valence-corrected chi connectivity index (χ0v) is 27.3. The van der Waals surface area contributed by atoms with Gasteiger partial charge in [-0.3, -0.25) is 0 Å². The van der Waals surface area contributed by atoms with Gasteiger partial charge in [0.1, 0.15) is 11.3 Å². The van der Waals surface area contributed by atoms with Crippen molar-refractivity contribution in [1.29, 1.82) is 0 Å². The van der Waals surface area contributed by atoms with Gasteiger partial charge >= 0.3 is 0 Å². The number of fused-ring (bicyclic) bond motifs is 7. The first kappa shape index (κ1) is 28.4. The van der Waals surface area contributed by atoms with Crippen molar-refractivity contribution in [2.45, 2.75) is 0 Å². The lowest BCUT2D eigenvalue weighted by Crippen LogP contribution is -2.12. The maximum Gasteiger partial charge on any atom is 0.137 e. The molecule has 50 heavy (non-hydrogen) atoms. The second kappa shape index (κ2) is 11.5. The summed E-state index contributed by atoms with van der Waals surface area (Å²) in [7, 11) is 0. The molecule has 2 heteroatoms. The van der Waals surface area contributed by atoms with Crippen molar-refractivity contribution in [2.24, 2.45) is 0 Å². The van der Waals surface area contributed by atoms with Crippen molar-refractivity contribution in [2.75, 3.05) is 4.90 Å². The van der Waals surface area contributed by atoms with Crippen molar-refractivity contribution in [3.8, 4) is 22.5 Å². The molecule has 0 atom stereocenters. The van der Waals surface area contributed by atoms with Crippen LogP contribution < -0.4 is 4.90 Å². The topological polar surface area (TPSA) is 16.4 Å². The Labute approximate surface area is 290 Å². The van der Waals surface area contributed by atoms with Crippen LogP contribution in [0.2, 0.25) is 0 Å². The van der Waals surface area contributed by atoms with Crippen molar-refractivity contribution in [1.82, 2.24) is 0 Å². The Bertz CT molecular complexity index is 2850. The fourth-order valence-electron chi connectivity index (χ4n) is 7.61. The standard InChI is InChI=1S/C48H31NO/c1-4-14-39-33(11-1)21-22-36-29-34(25-28-41(36)39)32-23-26-38(27-24-32)49(46-30-35-12-2-5-15-40(35)42-16-6-7-17-43(42)46)45-19-9-8-18-44(45)48-31-37-13-3-10-20-47(37)50-48/h1-31H. The quantitative estimate of drug-likeness (QED) is 0.175. The number of para-hydroxylation sites is 2. The molecule has 10 aromatic rings. The number of hydrogen-bond acceptors (Lipinski definition) is 2.